The third kappa shape index (κ3) is 3.24. The number of rotatable bonds is 4. The molecule has 26 heavy (non-hydrogen) atoms. The van der Waals surface area contributed by atoms with Gasteiger partial charge in [0.25, 0.3) is 0 Å². The second kappa shape index (κ2) is 7.55. The molecule has 2 aliphatic rings. The summed E-state index contributed by atoms with van der Waals surface area (Å²) in [5.74, 6) is 0.945. The van der Waals surface area contributed by atoms with Crippen LogP contribution in [-0.2, 0) is 4.79 Å². The molecule has 1 atom stereocenters. The molecule has 0 bridgehead atoms. The van der Waals surface area contributed by atoms with Crippen molar-refractivity contribution in [3.63, 3.8) is 0 Å². The zero-order valence-corrected chi connectivity index (χ0v) is 15.4. The third-order valence-electron chi connectivity index (χ3n) is 5.91. The van der Waals surface area contributed by atoms with Crippen LogP contribution in [-0.4, -0.2) is 36.3 Å². The molecule has 0 radical (unpaired) electrons. The van der Waals surface area contributed by atoms with Gasteiger partial charge in [0.05, 0.1) is 5.69 Å². The van der Waals surface area contributed by atoms with Gasteiger partial charge in [0, 0.05) is 18.5 Å². The molecule has 2 heterocycles. The number of hydrogen-bond donors (Lipinski definition) is 0. The summed E-state index contributed by atoms with van der Waals surface area (Å²) in [5, 5.41) is 0. The van der Waals surface area contributed by atoms with Gasteiger partial charge < -0.3 is 9.69 Å². The highest BCUT2D eigenvalue weighted by molar-refractivity contribution is 5.86. The number of aromatic nitrogens is 1. The van der Waals surface area contributed by atoms with E-state index >= 15 is 0 Å². The summed E-state index contributed by atoms with van der Waals surface area (Å²) in [6.07, 6.45) is 8.96. The standard InChI is InChI=1S/C23H26N2O/c1-25-13-10-17(11-14-25)22-20-8-3-2-6-18(20)16-19(7-5-15-26)21-9-4-12-24-23(21)22/h2-4,6,8-9,12,15-17,22H,5,7,10-11,13-14H2,1H3. The Bertz CT molecular complexity index is 818. The highest BCUT2D eigenvalue weighted by Gasteiger charge is 2.33. The number of hydrogen-bond acceptors (Lipinski definition) is 3. The minimum atomic E-state index is 0.334. The van der Waals surface area contributed by atoms with E-state index in [1.165, 1.54) is 40.8 Å². The lowest BCUT2D eigenvalue weighted by Crippen LogP contribution is -2.33. The Morgan fingerprint density at radius 3 is 2.77 bits per heavy atom. The van der Waals surface area contributed by atoms with Crippen LogP contribution in [0.5, 0.6) is 0 Å². The molecule has 0 amide bonds. The van der Waals surface area contributed by atoms with Crippen LogP contribution in [0, 0.1) is 5.92 Å². The van der Waals surface area contributed by atoms with Crippen LogP contribution in [0.4, 0.5) is 0 Å². The molecule has 1 saturated heterocycles. The number of nitrogens with zero attached hydrogens (tertiary/aromatic N) is 2. The molecule has 3 heteroatoms. The molecule has 134 valence electrons. The van der Waals surface area contributed by atoms with E-state index in [0.717, 1.165) is 25.8 Å². The van der Waals surface area contributed by atoms with Gasteiger partial charge in [-0.25, -0.2) is 0 Å². The molecule has 1 aliphatic heterocycles. The Hall–Kier alpha value is -2.26. The quantitative estimate of drug-likeness (QED) is 0.770. The fraction of sp³-hybridized carbons (Fsp3) is 0.391. The maximum Gasteiger partial charge on any atom is 0.120 e. The minimum Gasteiger partial charge on any atom is -0.306 e. The van der Waals surface area contributed by atoms with Crippen molar-refractivity contribution in [1.82, 2.24) is 9.88 Å². The minimum absolute atomic E-state index is 0.334. The van der Waals surface area contributed by atoms with E-state index in [4.69, 9.17) is 4.98 Å². The summed E-state index contributed by atoms with van der Waals surface area (Å²) in [4.78, 5) is 18.3. The largest absolute Gasteiger partial charge is 0.306 e. The van der Waals surface area contributed by atoms with E-state index in [-0.39, 0.29) is 0 Å². The Kier molecular flexibility index (Phi) is 4.98. The lowest BCUT2D eigenvalue weighted by molar-refractivity contribution is -0.107. The first-order chi connectivity index (χ1) is 12.8. The summed E-state index contributed by atoms with van der Waals surface area (Å²) in [5.41, 5.74) is 6.35. The topological polar surface area (TPSA) is 33.2 Å². The van der Waals surface area contributed by atoms with Crippen molar-refractivity contribution in [2.75, 3.05) is 20.1 Å². The molecule has 3 nitrogen and oxygen atoms in total. The van der Waals surface area contributed by atoms with Gasteiger partial charge in [0.2, 0.25) is 0 Å². The average molecular weight is 346 g/mol. The Balaban J connectivity index is 1.84. The van der Waals surface area contributed by atoms with Crippen LogP contribution in [0.1, 0.15) is 54.0 Å². The van der Waals surface area contributed by atoms with Crippen molar-refractivity contribution in [3.8, 4) is 0 Å². The van der Waals surface area contributed by atoms with Crippen molar-refractivity contribution in [3.05, 3.63) is 65.0 Å². The second-order valence-corrected chi connectivity index (χ2v) is 7.56. The predicted octanol–water partition coefficient (Wildman–Crippen LogP) is 4.39. The van der Waals surface area contributed by atoms with Gasteiger partial charge in [-0.3, -0.25) is 4.98 Å². The van der Waals surface area contributed by atoms with Gasteiger partial charge >= 0.3 is 0 Å². The van der Waals surface area contributed by atoms with E-state index in [1.54, 1.807) is 0 Å². The number of carbonyl (C=O) groups is 1. The van der Waals surface area contributed by atoms with Crippen molar-refractivity contribution in [1.29, 1.82) is 0 Å². The van der Waals surface area contributed by atoms with E-state index in [1.807, 2.05) is 12.3 Å². The first-order valence-electron chi connectivity index (χ1n) is 9.65. The number of pyridine rings is 1. The summed E-state index contributed by atoms with van der Waals surface area (Å²) < 4.78 is 0. The number of carbonyl (C=O) groups excluding carboxylic acids is 1. The number of piperidine rings is 1. The number of likely N-dealkylation sites (tertiary alicyclic amines) is 1. The van der Waals surface area contributed by atoms with Gasteiger partial charge in [0.15, 0.2) is 0 Å². The average Bonchev–Trinajstić information content (AvgIpc) is 2.82. The fourth-order valence-corrected chi connectivity index (χ4v) is 4.54. The molecule has 2 aromatic rings. The van der Waals surface area contributed by atoms with Crippen molar-refractivity contribution in [2.24, 2.45) is 5.92 Å². The van der Waals surface area contributed by atoms with Crippen LogP contribution in [0.25, 0.3) is 11.6 Å². The molecular weight excluding hydrogens is 320 g/mol. The van der Waals surface area contributed by atoms with E-state index < -0.39 is 0 Å². The van der Waals surface area contributed by atoms with Gasteiger partial charge in [0.1, 0.15) is 6.29 Å². The monoisotopic (exact) mass is 346 g/mol. The summed E-state index contributed by atoms with van der Waals surface area (Å²) >= 11 is 0. The highest BCUT2D eigenvalue weighted by Crippen LogP contribution is 2.44. The van der Waals surface area contributed by atoms with Crippen LogP contribution in [0.3, 0.4) is 0 Å². The number of fused-ring (bicyclic) bond motifs is 2. The smallest absolute Gasteiger partial charge is 0.120 e. The van der Waals surface area contributed by atoms with Crippen LogP contribution in [0.2, 0.25) is 0 Å². The molecule has 1 aromatic carbocycles. The zero-order valence-electron chi connectivity index (χ0n) is 15.4. The van der Waals surface area contributed by atoms with Gasteiger partial charge in [-0.2, -0.15) is 0 Å². The predicted molar refractivity (Wildman–Crippen MR) is 106 cm³/mol. The number of aldehydes is 1. The maximum atomic E-state index is 11.0. The molecule has 1 fully saturated rings. The van der Waals surface area contributed by atoms with E-state index in [0.29, 0.717) is 18.3 Å². The Morgan fingerprint density at radius 2 is 1.96 bits per heavy atom. The van der Waals surface area contributed by atoms with E-state index in [9.17, 15) is 4.79 Å². The molecule has 1 aromatic heterocycles. The first-order valence-corrected chi connectivity index (χ1v) is 9.65. The number of benzene rings is 1. The van der Waals surface area contributed by atoms with Crippen LogP contribution in [0.15, 0.2) is 42.6 Å². The third-order valence-corrected chi connectivity index (χ3v) is 5.91. The summed E-state index contributed by atoms with van der Waals surface area (Å²) in [6, 6.07) is 13.0. The second-order valence-electron chi connectivity index (χ2n) is 7.56. The molecule has 0 saturated carbocycles. The molecule has 0 N–H and O–H groups in total. The molecule has 1 aliphatic carbocycles. The molecule has 0 spiro atoms. The maximum absolute atomic E-state index is 11.0. The Labute approximate surface area is 155 Å². The number of allylic oxidation sites excluding steroid dienone is 1. The van der Waals surface area contributed by atoms with Crippen LogP contribution >= 0.6 is 0 Å². The van der Waals surface area contributed by atoms with Crippen LogP contribution < -0.4 is 0 Å². The lowest BCUT2D eigenvalue weighted by atomic mass is 9.76. The molecule has 1 unspecified atom stereocenters. The first kappa shape index (κ1) is 17.2. The summed E-state index contributed by atoms with van der Waals surface area (Å²) in [7, 11) is 2.21. The van der Waals surface area contributed by atoms with Gasteiger partial charge in [-0.1, -0.05) is 36.4 Å². The van der Waals surface area contributed by atoms with E-state index in [2.05, 4.69) is 48.4 Å². The Morgan fingerprint density at radius 1 is 1.15 bits per heavy atom. The van der Waals surface area contributed by atoms with Gasteiger partial charge in [-0.05, 0) is 73.6 Å². The highest BCUT2D eigenvalue weighted by atomic mass is 16.1. The molecular formula is C23H26N2O. The summed E-state index contributed by atoms with van der Waals surface area (Å²) in [6.45, 7) is 2.30. The van der Waals surface area contributed by atoms with Crippen molar-refractivity contribution < 1.29 is 4.79 Å². The SMILES string of the molecule is CN1CCC(C2c3ccccc3C=C(CCC=O)c3cccnc32)CC1. The normalized spacial score (nSPS) is 20.7. The molecule has 4 rings (SSSR count). The zero-order chi connectivity index (χ0) is 17.9. The van der Waals surface area contributed by atoms with Crippen molar-refractivity contribution >= 4 is 17.9 Å². The van der Waals surface area contributed by atoms with Crippen molar-refractivity contribution in [2.45, 2.75) is 31.6 Å². The fourth-order valence-electron chi connectivity index (χ4n) is 4.54. The lowest BCUT2D eigenvalue weighted by Gasteiger charge is -2.35. The van der Waals surface area contributed by atoms with Gasteiger partial charge in [-0.15, -0.1) is 0 Å².